The van der Waals surface area contributed by atoms with Crippen LogP contribution in [0, 0.1) is 6.92 Å². The summed E-state index contributed by atoms with van der Waals surface area (Å²) >= 11 is 0. The van der Waals surface area contributed by atoms with Gasteiger partial charge in [-0.2, -0.15) is 0 Å². The van der Waals surface area contributed by atoms with Crippen LogP contribution >= 0.6 is 0 Å². The number of primary amides is 1. The zero-order chi connectivity index (χ0) is 14.7. The summed E-state index contributed by atoms with van der Waals surface area (Å²) in [6, 6.07) is 9.49. The van der Waals surface area contributed by atoms with Gasteiger partial charge in [0.2, 0.25) is 5.91 Å². The SMILES string of the molecule is Cc1cc(C(=O)O)cc(Nc2cccc(C(N)=O)c2)n1. The van der Waals surface area contributed by atoms with Crippen LogP contribution in [0.1, 0.15) is 26.4 Å². The number of aryl methyl sites for hydroxylation is 1. The normalized spacial score (nSPS) is 10.1. The number of aromatic nitrogens is 1. The number of pyridine rings is 1. The number of hydrogen-bond acceptors (Lipinski definition) is 4. The van der Waals surface area contributed by atoms with Gasteiger partial charge in [0.1, 0.15) is 5.82 Å². The van der Waals surface area contributed by atoms with Gasteiger partial charge in [-0.3, -0.25) is 4.79 Å². The Bertz CT molecular complexity index is 683. The summed E-state index contributed by atoms with van der Waals surface area (Å²) in [5.41, 5.74) is 6.90. The van der Waals surface area contributed by atoms with E-state index in [0.29, 0.717) is 22.8 Å². The summed E-state index contributed by atoms with van der Waals surface area (Å²) in [5, 5.41) is 12.0. The Labute approximate surface area is 115 Å². The fourth-order valence-electron chi connectivity index (χ4n) is 1.75. The number of carboxylic acids is 1. The first-order valence-electron chi connectivity index (χ1n) is 5.84. The molecule has 0 spiro atoms. The molecule has 0 atom stereocenters. The first-order valence-corrected chi connectivity index (χ1v) is 5.84. The van der Waals surface area contributed by atoms with E-state index in [1.54, 1.807) is 31.2 Å². The number of aromatic carboxylic acids is 1. The van der Waals surface area contributed by atoms with E-state index >= 15 is 0 Å². The predicted octanol–water partition coefficient (Wildman–Crippen LogP) is 1.93. The molecule has 1 aromatic carbocycles. The molecule has 2 rings (SSSR count). The van der Waals surface area contributed by atoms with E-state index in [9.17, 15) is 9.59 Å². The molecule has 0 radical (unpaired) electrons. The molecule has 6 nitrogen and oxygen atoms in total. The summed E-state index contributed by atoms with van der Waals surface area (Å²) in [4.78, 5) is 26.3. The lowest BCUT2D eigenvalue weighted by molar-refractivity contribution is 0.0696. The monoisotopic (exact) mass is 271 g/mol. The maximum absolute atomic E-state index is 11.1. The van der Waals surface area contributed by atoms with Crippen LogP contribution in [-0.4, -0.2) is 22.0 Å². The molecule has 6 heteroatoms. The molecule has 0 bridgehead atoms. The molecule has 4 N–H and O–H groups in total. The molecule has 1 amide bonds. The molecule has 0 aliphatic heterocycles. The topological polar surface area (TPSA) is 105 Å². The van der Waals surface area contributed by atoms with Gasteiger partial charge in [-0.05, 0) is 37.3 Å². The van der Waals surface area contributed by atoms with Crippen molar-refractivity contribution in [3.63, 3.8) is 0 Å². The molecule has 102 valence electrons. The van der Waals surface area contributed by atoms with Gasteiger partial charge >= 0.3 is 5.97 Å². The number of benzene rings is 1. The molecule has 20 heavy (non-hydrogen) atoms. The number of nitrogens with zero attached hydrogens (tertiary/aromatic N) is 1. The van der Waals surface area contributed by atoms with Gasteiger partial charge in [0.05, 0.1) is 5.56 Å². The largest absolute Gasteiger partial charge is 0.478 e. The van der Waals surface area contributed by atoms with E-state index in [1.807, 2.05) is 0 Å². The molecule has 1 heterocycles. The molecule has 0 aliphatic carbocycles. The van der Waals surface area contributed by atoms with Crippen molar-refractivity contribution in [1.29, 1.82) is 0 Å². The van der Waals surface area contributed by atoms with Crippen molar-refractivity contribution in [3.05, 3.63) is 53.2 Å². The first kappa shape index (κ1) is 13.5. The third-order valence-electron chi connectivity index (χ3n) is 2.62. The summed E-state index contributed by atoms with van der Waals surface area (Å²) in [5.74, 6) is -1.16. The molecular weight excluding hydrogens is 258 g/mol. The van der Waals surface area contributed by atoms with Gasteiger partial charge in [0, 0.05) is 16.9 Å². The summed E-state index contributed by atoms with van der Waals surface area (Å²) in [7, 11) is 0. The van der Waals surface area contributed by atoms with Crippen LogP contribution in [-0.2, 0) is 0 Å². The standard InChI is InChI=1S/C14H13N3O3/c1-8-5-10(14(19)20)7-12(16-8)17-11-4-2-3-9(6-11)13(15)18/h2-7H,1H3,(H2,15,18)(H,16,17)(H,19,20). The smallest absolute Gasteiger partial charge is 0.335 e. The molecule has 0 aliphatic rings. The minimum Gasteiger partial charge on any atom is -0.478 e. The number of anilines is 2. The Morgan fingerprint density at radius 1 is 1.20 bits per heavy atom. The number of carbonyl (C=O) groups excluding carboxylic acids is 1. The molecule has 1 aromatic heterocycles. The number of nitrogens with one attached hydrogen (secondary N) is 1. The van der Waals surface area contributed by atoms with Crippen LogP contribution in [0.4, 0.5) is 11.5 Å². The fourth-order valence-corrected chi connectivity index (χ4v) is 1.75. The maximum atomic E-state index is 11.1. The summed E-state index contributed by atoms with van der Waals surface area (Å²) in [6.45, 7) is 1.71. The highest BCUT2D eigenvalue weighted by Gasteiger charge is 2.07. The molecular formula is C14H13N3O3. The molecule has 2 aromatic rings. The second-order valence-electron chi connectivity index (χ2n) is 4.26. The maximum Gasteiger partial charge on any atom is 0.335 e. The zero-order valence-corrected chi connectivity index (χ0v) is 10.8. The van der Waals surface area contributed by atoms with Gasteiger partial charge in [0.25, 0.3) is 0 Å². The Balaban J connectivity index is 2.32. The summed E-state index contributed by atoms with van der Waals surface area (Å²) < 4.78 is 0. The lowest BCUT2D eigenvalue weighted by atomic mass is 10.2. The lowest BCUT2D eigenvalue weighted by Crippen LogP contribution is -2.11. The van der Waals surface area contributed by atoms with Gasteiger partial charge < -0.3 is 16.2 Å². The zero-order valence-electron chi connectivity index (χ0n) is 10.8. The van der Waals surface area contributed by atoms with E-state index in [0.717, 1.165) is 0 Å². The van der Waals surface area contributed by atoms with Gasteiger partial charge in [-0.15, -0.1) is 0 Å². The highest BCUT2D eigenvalue weighted by molar-refractivity contribution is 5.94. The van der Waals surface area contributed by atoms with E-state index < -0.39 is 11.9 Å². The number of carbonyl (C=O) groups is 2. The molecule has 0 saturated heterocycles. The van der Waals surface area contributed by atoms with Crippen molar-refractivity contribution in [2.24, 2.45) is 5.73 Å². The fraction of sp³-hybridized carbons (Fsp3) is 0.0714. The Hall–Kier alpha value is -2.89. The van der Waals surface area contributed by atoms with Gasteiger partial charge in [-0.1, -0.05) is 6.07 Å². The molecule has 0 fully saturated rings. The Morgan fingerprint density at radius 2 is 1.95 bits per heavy atom. The van der Waals surface area contributed by atoms with E-state index in [-0.39, 0.29) is 5.56 Å². The van der Waals surface area contributed by atoms with E-state index in [4.69, 9.17) is 10.8 Å². The van der Waals surface area contributed by atoms with Crippen LogP contribution in [0.15, 0.2) is 36.4 Å². The number of carboxylic acid groups (broad SMARTS) is 1. The highest BCUT2D eigenvalue weighted by Crippen LogP contribution is 2.18. The highest BCUT2D eigenvalue weighted by atomic mass is 16.4. The minimum absolute atomic E-state index is 0.144. The Morgan fingerprint density at radius 3 is 2.60 bits per heavy atom. The Kier molecular flexibility index (Phi) is 3.65. The van der Waals surface area contributed by atoms with Crippen molar-refractivity contribution < 1.29 is 14.7 Å². The number of rotatable bonds is 4. The first-order chi connectivity index (χ1) is 9.45. The number of hydrogen-bond donors (Lipinski definition) is 3. The summed E-state index contributed by atoms with van der Waals surface area (Å²) in [6.07, 6.45) is 0. The second kappa shape index (κ2) is 5.40. The van der Waals surface area contributed by atoms with Gasteiger partial charge in [0.15, 0.2) is 0 Å². The van der Waals surface area contributed by atoms with Crippen LogP contribution in [0.2, 0.25) is 0 Å². The number of amides is 1. The lowest BCUT2D eigenvalue weighted by Gasteiger charge is -2.08. The van der Waals surface area contributed by atoms with Gasteiger partial charge in [-0.25, -0.2) is 9.78 Å². The molecule has 0 unspecified atom stereocenters. The van der Waals surface area contributed by atoms with Crippen molar-refractivity contribution in [2.45, 2.75) is 6.92 Å². The minimum atomic E-state index is -1.02. The van der Waals surface area contributed by atoms with Crippen LogP contribution in [0.25, 0.3) is 0 Å². The van der Waals surface area contributed by atoms with Crippen molar-refractivity contribution in [2.75, 3.05) is 5.32 Å². The van der Waals surface area contributed by atoms with E-state index in [2.05, 4.69) is 10.3 Å². The van der Waals surface area contributed by atoms with Crippen LogP contribution in [0.5, 0.6) is 0 Å². The van der Waals surface area contributed by atoms with Crippen LogP contribution in [0.3, 0.4) is 0 Å². The van der Waals surface area contributed by atoms with Crippen molar-refractivity contribution in [3.8, 4) is 0 Å². The number of nitrogens with two attached hydrogens (primary N) is 1. The predicted molar refractivity (Wildman–Crippen MR) is 74.2 cm³/mol. The average molecular weight is 271 g/mol. The third-order valence-corrected chi connectivity index (χ3v) is 2.62. The molecule has 0 saturated carbocycles. The third kappa shape index (κ3) is 3.11. The quantitative estimate of drug-likeness (QED) is 0.788. The van der Waals surface area contributed by atoms with Crippen molar-refractivity contribution in [1.82, 2.24) is 4.98 Å². The van der Waals surface area contributed by atoms with E-state index in [1.165, 1.54) is 12.1 Å². The van der Waals surface area contributed by atoms with Crippen molar-refractivity contribution >= 4 is 23.4 Å². The van der Waals surface area contributed by atoms with Crippen LogP contribution < -0.4 is 11.1 Å². The average Bonchev–Trinajstić information content (AvgIpc) is 2.38. The second-order valence-corrected chi connectivity index (χ2v) is 4.26.